The van der Waals surface area contributed by atoms with Crippen LogP contribution in [0.25, 0.3) is 5.57 Å². The van der Waals surface area contributed by atoms with Gasteiger partial charge in [0.05, 0.1) is 17.9 Å². The number of thiazole rings is 1. The van der Waals surface area contributed by atoms with Crippen molar-refractivity contribution in [3.63, 3.8) is 0 Å². The smallest absolute Gasteiger partial charge is 0.328 e. The van der Waals surface area contributed by atoms with Gasteiger partial charge in [0.1, 0.15) is 10.6 Å². The van der Waals surface area contributed by atoms with E-state index in [-0.39, 0.29) is 27.5 Å². The number of para-hydroxylation sites is 1. The highest BCUT2D eigenvalue weighted by atomic mass is 32.1. The van der Waals surface area contributed by atoms with Crippen molar-refractivity contribution in [3.8, 4) is 0 Å². The van der Waals surface area contributed by atoms with Crippen LogP contribution in [0.1, 0.15) is 30.5 Å². The Morgan fingerprint density at radius 2 is 1.53 bits per heavy atom. The Labute approximate surface area is 262 Å². The Kier molecular flexibility index (Phi) is 6.44. The first kappa shape index (κ1) is 28.5. The second-order valence-electron chi connectivity index (χ2n) is 11.1. The minimum absolute atomic E-state index is 0.154. The van der Waals surface area contributed by atoms with Gasteiger partial charge in [-0.25, -0.2) is 14.2 Å². The molecule has 3 amide bonds. The van der Waals surface area contributed by atoms with Crippen LogP contribution >= 0.6 is 11.3 Å². The number of nitrogens with zero attached hydrogens (tertiary/aromatic N) is 5. The average Bonchev–Trinajstić information content (AvgIpc) is 3.61. The number of urea groups is 1. The zero-order valence-electron chi connectivity index (χ0n) is 25.1. The third-order valence-corrected chi connectivity index (χ3v) is 10.0. The van der Waals surface area contributed by atoms with Gasteiger partial charge in [0.15, 0.2) is 0 Å². The summed E-state index contributed by atoms with van der Waals surface area (Å²) in [4.78, 5) is 60.8. The maximum atomic E-state index is 15.0. The van der Waals surface area contributed by atoms with E-state index < -0.39 is 34.8 Å². The SMILES string of the molecule is CCOC(=O)C(C)N1C(=O)/C(=c2\sc3n(c2=O)C2(c4ccccc4)N(C)C(=O)N(C)C2(c2ccccc2)NN=3)c2ccccc21. The predicted molar refractivity (Wildman–Crippen MR) is 168 cm³/mol. The maximum Gasteiger partial charge on any atom is 0.328 e. The van der Waals surface area contributed by atoms with E-state index >= 15 is 0 Å². The summed E-state index contributed by atoms with van der Waals surface area (Å²) < 4.78 is 6.92. The van der Waals surface area contributed by atoms with Crippen LogP contribution in [-0.4, -0.2) is 59.0 Å². The molecule has 3 unspecified atom stereocenters. The molecule has 228 valence electrons. The molecule has 4 heterocycles. The van der Waals surface area contributed by atoms with Gasteiger partial charge in [-0.1, -0.05) is 90.2 Å². The van der Waals surface area contributed by atoms with E-state index in [9.17, 15) is 19.2 Å². The minimum atomic E-state index is -1.45. The summed E-state index contributed by atoms with van der Waals surface area (Å²) in [5.74, 6) is -1.04. The molecule has 0 radical (unpaired) electrons. The van der Waals surface area contributed by atoms with Crippen molar-refractivity contribution in [1.29, 1.82) is 0 Å². The van der Waals surface area contributed by atoms with Crippen molar-refractivity contribution in [3.05, 3.63) is 121 Å². The lowest BCUT2D eigenvalue weighted by atomic mass is 9.80. The number of hydrogen-bond acceptors (Lipinski definition) is 8. The molecule has 45 heavy (non-hydrogen) atoms. The Hall–Kier alpha value is -5.23. The molecule has 0 spiro atoms. The van der Waals surface area contributed by atoms with E-state index in [2.05, 4.69) is 5.43 Å². The maximum absolute atomic E-state index is 15.0. The molecular weight excluding hydrogens is 592 g/mol. The molecule has 3 atom stereocenters. The Morgan fingerprint density at radius 3 is 2.20 bits per heavy atom. The van der Waals surface area contributed by atoms with Crippen molar-refractivity contribution in [1.82, 2.24) is 19.8 Å². The number of carbonyl (C=O) groups is 3. The van der Waals surface area contributed by atoms with Crippen LogP contribution < -0.4 is 25.2 Å². The van der Waals surface area contributed by atoms with Crippen molar-refractivity contribution >= 4 is 40.5 Å². The lowest BCUT2D eigenvalue weighted by Gasteiger charge is -2.50. The molecule has 1 saturated heterocycles. The van der Waals surface area contributed by atoms with Gasteiger partial charge < -0.3 is 4.74 Å². The summed E-state index contributed by atoms with van der Waals surface area (Å²) in [6.45, 7) is 3.48. The largest absolute Gasteiger partial charge is 0.464 e. The lowest BCUT2D eigenvalue weighted by Crippen LogP contribution is -2.72. The number of carbonyl (C=O) groups excluding carboxylic acids is 3. The topological polar surface area (TPSA) is 117 Å². The van der Waals surface area contributed by atoms with Crippen LogP contribution in [0, 0.1) is 0 Å². The van der Waals surface area contributed by atoms with E-state index in [0.717, 1.165) is 11.3 Å². The molecular formula is C33H30N6O5S. The predicted octanol–water partition coefficient (Wildman–Crippen LogP) is 2.10. The number of nitrogens with one attached hydrogen (secondary N) is 1. The van der Waals surface area contributed by atoms with Crippen LogP contribution in [0.2, 0.25) is 0 Å². The highest BCUT2D eigenvalue weighted by Gasteiger charge is 2.71. The molecule has 3 aliphatic rings. The number of esters is 1. The third-order valence-electron chi connectivity index (χ3n) is 8.96. The fourth-order valence-corrected chi connectivity index (χ4v) is 8.07. The second kappa shape index (κ2) is 10.2. The molecule has 7 rings (SSSR count). The van der Waals surface area contributed by atoms with Crippen LogP contribution in [0.3, 0.4) is 0 Å². The molecule has 1 aromatic heterocycles. The summed E-state index contributed by atoms with van der Waals surface area (Å²) >= 11 is 1.06. The number of hydrogen-bond donors (Lipinski definition) is 1. The number of likely N-dealkylation sites (N-methyl/N-ethyl adjacent to an activating group) is 2. The number of aromatic nitrogens is 1. The highest BCUT2D eigenvalue weighted by Crippen LogP contribution is 2.52. The molecule has 1 fully saturated rings. The van der Waals surface area contributed by atoms with Crippen LogP contribution in [-0.2, 0) is 25.7 Å². The number of benzene rings is 3. The van der Waals surface area contributed by atoms with Crippen molar-refractivity contribution in [2.75, 3.05) is 25.6 Å². The Balaban J connectivity index is 1.58. The van der Waals surface area contributed by atoms with Crippen molar-refractivity contribution in [2.45, 2.75) is 31.2 Å². The van der Waals surface area contributed by atoms with E-state index in [1.165, 1.54) is 9.47 Å². The summed E-state index contributed by atoms with van der Waals surface area (Å²) in [5, 5.41) is 4.71. The monoisotopic (exact) mass is 622 g/mol. The second-order valence-corrected chi connectivity index (χ2v) is 12.1. The van der Waals surface area contributed by atoms with E-state index in [1.54, 1.807) is 62.0 Å². The molecule has 3 aromatic carbocycles. The fraction of sp³-hybridized carbons (Fsp3) is 0.242. The van der Waals surface area contributed by atoms with Gasteiger partial charge in [0, 0.05) is 30.8 Å². The zero-order valence-corrected chi connectivity index (χ0v) is 25.9. The number of fused-ring (bicyclic) bond motifs is 4. The first-order chi connectivity index (χ1) is 21.7. The molecule has 0 aliphatic carbocycles. The zero-order chi connectivity index (χ0) is 31.7. The Morgan fingerprint density at radius 1 is 0.911 bits per heavy atom. The van der Waals surface area contributed by atoms with Gasteiger partial charge in [-0.15, -0.1) is 5.10 Å². The first-order valence-electron chi connectivity index (χ1n) is 14.6. The van der Waals surface area contributed by atoms with Gasteiger partial charge in [-0.05, 0) is 19.9 Å². The Bertz CT molecular complexity index is 2060. The van der Waals surface area contributed by atoms with Gasteiger partial charge in [0.2, 0.25) is 16.1 Å². The molecule has 0 saturated carbocycles. The lowest BCUT2D eigenvalue weighted by molar-refractivity contribution is -0.145. The van der Waals surface area contributed by atoms with Crippen molar-refractivity contribution in [2.24, 2.45) is 5.10 Å². The summed E-state index contributed by atoms with van der Waals surface area (Å²) in [7, 11) is 3.35. The van der Waals surface area contributed by atoms with E-state index in [1.807, 2.05) is 60.7 Å². The highest BCUT2D eigenvalue weighted by molar-refractivity contribution is 7.07. The van der Waals surface area contributed by atoms with Crippen LogP contribution in [0.15, 0.2) is 94.8 Å². The van der Waals surface area contributed by atoms with Crippen molar-refractivity contribution < 1.29 is 19.1 Å². The van der Waals surface area contributed by atoms with Crippen LogP contribution in [0.5, 0.6) is 0 Å². The first-order valence-corrected chi connectivity index (χ1v) is 15.4. The summed E-state index contributed by atoms with van der Waals surface area (Å²) in [5.41, 5.74) is 2.62. The van der Waals surface area contributed by atoms with E-state index in [4.69, 9.17) is 9.84 Å². The number of ether oxygens (including phenoxy) is 1. The summed E-state index contributed by atoms with van der Waals surface area (Å²) in [6.07, 6.45) is 0. The van der Waals surface area contributed by atoms with E-state index in [0.29, 0.717) is 22.4 Å². The van der Waals surface area contributed by atoms with Gasteiger partial charge >= 0.3 is 12.0 Å². The number of anilines is 1. The van der Waals surface area contributed by atoms with Gasteiger partial charge in [0.25, 0.3) is 11.5 Å². The molecule has 12 heteroatoms. The molecule has 0 bridgehead atoms. The number of rotatable bonds is 5. The quantitative estimate of drug-likeness (QED) is 0.341. The minimum Gasteiger partial charge on any atom is -0.464 e. The molecule has 3 aliphatic heterocycles. The third kappa shape index (κ3) is 3.54. The summed E-state index contributed by atoms with van der Waals surface area (Å²) in [6, 6.07) is 24.6. The van der Waals surface area contributed by atoms with Gasteiger partial charge in [-0.3, -0.25) is 29.7 Å². The number of amides is 3. The fourth-order valence-electron chi connectivity index (χ4n) is 7.02. The molecule has 11 nitrogen and oxygen atoms in total. The average molecular weight is 623 g/mol. The van der Waals surface area contributed by atoms with Gasteiger partial charge in [-0.2, -0.15) is 0 Å². The molecule has 1 N–H and O–H groups in total. The normalized spacial score (nSPS) is 23.6. The standard InChI is InChI=1S/C33H30N6O5S/c1-5-44-29(42)20(2)38-24-19-13-12-18-23(24)25(27(38)40)26-28(41)39-30(45-26)34-35-32(21-14-8-6-9-15-21)33(39,22-16-10-7-11-17-22)37(4)31(43)36(32)3/h6-20,35H,5H2,1-4H3/b26-25-. The van der Waals surface area contributed by atoms with Crippen LogP contribution in [0.4, 0.5) is 10.5 Å². The molecule has 4 aromatic rings.